The summed E-state index contributed by atoms with van der Waals surface area (Å²) in [5.41, 5.74) is 1.18. The van der Waals surface area contributed by atoms with Crippen molar-refractivity contribution in [2.45, 2.75) is 6.92 Å². The van der Waals surface area contributed by atoms with E-state index in [0.29, 0.717) is 22.5 Å². The average Bonchev–Trinajstić information content (AvgIpc) is 2.66. The fourth-order valence-electron chi connectivity index (χ4n) is 3.04. The van der Waals surface area contributed by atoms with E-state index in [-0.39, 0.29) is 5.56 Å². The van der Waals surface area contributed by atoms with Gasteiger partial charge in [0.25, 0.3) is 5.56 Å². The third-order valence-electron chi connectivity index (χ3n) is 4.22. The van der Waals surface area contributed by atoms with Gasteiger partial charge in [0.2, 0.25) is 0 Å². The second-order valence-electron chi connectivity index (χ2n) is 6.09. The van der Waals surface area contributed by atoms with E-state index in [9.17, 15) is 9.59 Å². The zero-order valence-electron chi connectivity index (χ0n) is 14.6. The zero-order chi connectivity index (χ0) is 18.8. The van der Waals surface area contributed by atoms with E-state index < -0.39 is 5.97 Å². The second-order valence-corrected chi connectivity index (χ2v) is 6.09. The number of hydrogen-bond donors (Lipinski definition) is 1. The van der Waals surface area contributed by atoms with Gasteiger partial charge in [-0.1, -0.05) is 42.5 Å². The Kier molecular flexibility index (Phi) is 4.26. The minimum Gasteiger partial charge on any atom is -0.426 e. The van der Waals surface area contributed by atoms with Gasteiger partial charge in [0, 0.05) is 12.5 Å². The number of carbonyl (C=O) groups is 1. The lowest BCUT2D eigenvalue weighted by atomic mass is 10.0. The molecule has 1 N–H and O–H groups in total. The lowest BCUT2D eigenvalue weighted by Gasteiger charge is -2.09. The number of fused-ring (bicyclic) bond motifs is 2. The van der Waals surface area contributed by atoms with Crippen LogP contribution in [0.25, 0.3) is 33.8 Å². The largest absolute Gasteiger partial charge is 0.426 e. The van der Waals surface area contributed by atoms with Gasteiger partial charge < -0.3 is 9.72 Å². The Morgan fingerprint density at radius 1 is 0.963 bits per heavy atom. The molecule has 0 aliphatic carbocycles. The number of H-pyrrole nitrogens is 1. The summed E-state index contributed by atoms with van der Waals surface area (Å²) >= 11 is 0. The van der Waals surface area contributed by atoms with Crippen LogP contribution in [0, 0.1) is 0 Å². The molecule has 4 rings (SSSR count). The minimum absolute atomic E-state index is 0.196. The highest BCUT2D eigenvalue weighted by atomic mass is 16.5. The molecule has 0 radical (unpaired) electrons. The van der Waals surface area contributed by atoms with Gasteiger partial charge in [-0.15, -0.1) is 0 Å². The number of benzene rings is 3. The molecule has 5 nitrogen and oxygen atoms in total. The summed E-state index contributed by atoms with van der Waals surface area (Å²) in [6.07, 6.45) is 3.51. The summed E-state index contributed by atoms with van der Waals surface area (Å²) in [5.74, 6) is 0.498. The molecule has 0 bridgehead atoms. The molecule has 0 unspecified atom stereocenters. The molecule has 0 aliphatic heterocycles. The Morgan fingerprint density at radius 2 is 1.70 bits per heavy atom. The SMILES string of the molecule is CC(=O)Oc1ccc2ccccc2c1C=Cc1nc2ccccc2c(=O)[nH]1. The van der Waals surface area contributed by atoms with Crippen molar-refractivity contribution in [3.63, 3.8) is 0 Å². The fraction of sp³-hybridized carbons (Fsp3) is 0.0455. The van der Waals surface area contributed by atoms with E-state index in [2.05, 4.69) is 9.97 Å². The number of nitrogens with zero attached hydrogens (tertiary/aromatic N) is 1. The van der Waals surface area contributed by atoms with E-state index >= 15 is 0 Å². The number of para-hydroxylation sites is 1. The van der Waals surface area contributed by atoms with Gasteiger partial charge in [0.05, 0.1) is 10.9 Å². The molecular weight excluding hydrogens is 340 g/mol. The topological polar surface area (TPSA) is 72.0 Å². The van der Waals surface area contributed by atoms with E-state index in [1.54, 1.807) is 36.4 Å². The number of aromatic nitrogens is 2. The van der Waals surface area contributed by atoms with Gasteiger partial charge in [-0.3, -0.25) is 9.59 Å². The van der Waals surface area contributed by atoms with Crippen molar-refractivity contribution >= 4 is 39.8 Å². The first-order valence-corrected chi connectivity index (χ1v) is 8.49. The maximum Gasteiger partial charge on any atom is 0.308 e. The zero-order valence-corrected chi connectivity index (χ0v) is 14.6. The van der Waals surface area contributed by atoms with Crippen LogP contribution in [-0.2, 0) is 4.79 Å². The Bertz CT molecular complexity index is 1260. The van der Waals surface area contributed by atoms with Crippen molar-refractivity contribution < 1.29 is 9.53 Å². The lowest BCUT2D eigenvalue weighted by Crippen LogP contribution is -2.09. The van der Waals surface area contributed by atoms with Crippen LogP contribution < -0.4 is 10.3 Å². The van der Waals surface area contributed by atoms with Crippen LogP contribution in [0.1, 0.15) is 18.3 Å². The van der Waals surface area contributed by atoms with E-state index in [1.807, 2.05) is 36.4 Å². The van der Waals surface area contributed by atoms with Crippen molar-refractivity contribution in [3.8, 4) is 5.75 Å². The van der Waals surface area contributed by atoms with Crippen LogP contribution in [0.4, 0.5) is 0 Å². The van der Waals surface area contributed by atoms with Crippen LogP contribution in [-0.4, -0.2) is 15.9 Å². The second kappa shape index (κ2) is 6.88. The molecule has 0 spiro atoms. The number of ether oxygens (including phenoxy) is 1. The highest BCUT2D eigenvalue weighted by molar-refractivity contribution is 5.96. The molecule has 132 valence electrons. The van der Waals surface area contributed by atoms with Crippen molar-refractivity contribution in [2.75, 3.05) is 0 Å². The van der Waals surface area contributed by atoms with Gasteiger partial charge in [-0.25, -0.2) is 4.98 Å². The molecule has 5 heteroatoms. The number of rotatable bonds is 3. The summed E-state index contributed by atoms with van der Waals surface area (Å²) in [6, 6.07) is 18.7. The predicted octanol–water partition coefficient (Wildman–Crippen LogP) is 4.17. The molecule has 27 heavy (non-hydrogen) atoms. The third-order valence-corrected chi connectivity index (χ3v) is 4.22. The molecule has 0 aliphatic rings. The van der Waals surface area contributed by atoms with Crippen LogP contribution in [0.2, 0.25) is 0 Å². The first-order chi connectivity index (χ1) is 13.1. The molecule has 4 aromatic rings. The van der Waals surface area contributed by atoms with Gasteiger partial charge in [0.1, 0.15) is 11.6 Å². The summed E-state index contributed by atoms with van der Waals surface area (Å²) in [4.78, 5) is 30.9. The molecule has 0 fully saturated rings. The summed E-state index contributed by atoms with van der Waals surface area (Å²) in [6.45, 7) is 1.37. The fourth-order valence-corrected chi connectivity index (χ4v) is 3.04. The maximum atomic E-state index is 12.2. The van der Waals surface area contributed by atoms with E-state index in [1.165, 1.54) is 6.92 Å². The van der Waals surface area contributed by atoms with E-state index in [0.717, 1.165) is 16.3 Å². The normalized spacial score (nSPS) is 11.3. The molecule has 0 atom stereocenters. The number of hydrogen-bond acceptors (Lipinski definition) is 4. The van der Waals surface area contributed by atoms with Gasteiger partial charge in [-0.2, -0.15) is 0 Å². The molecule has 1 aromatic heterocycles. The summed E-state index contributed by atoms with van der Waals surface area (Å²) in [7, 11) is 0. The van der Waals surface area contributed by atoms with Crippen LogP contribution in [0.5, 0.6) is 5.75 Å². The monoisotopic (exact) mass is 356 g/mol. The Labute approximate surface area is 154 Å². The standard InChI is InChI=1S/C22H16N2O3/c1-14(25)27-20-12-10-15-6-2-3-7-16(15)17(20)11-13-21-23-19-9-5-4-8-18(19)22(26)24-21/h2-13H,1H3,(H,23,24,26). The third kappa shape index (κ3) is 3.35. The Hall–Kier alpha value is -3.73. The van der Waals surface area contributed by atoms with Crippen molar-refractivity contribution in [1.29, 1.82) is 0 Å². The van der Waals surface area contributed by atoms with E-state index in [4.69, 9.17) is 4.74 Å². The predicted molar refractivity (Wildman–Crippen MR) is 107 cm³/mol. The highest BCUT2D eigenvalue weighted by Gasteiger charge is 2.09. The lowest BCUT2D eigenvalue weighted by molar-refractivity contribution is -0.131. The first kappa shape index (κ1) is 16.7. The average molecular weight is 356 g/mol. The van der Waals surface area contributed by atoms with Crippen molar-refractivity contribution in [2.24, 2.45) is 0 Å². The van der Waals surface area contributed by atoms with Gasteiger partial charge >= 0.3 is 5.97 Å². The molecule has 1 heterocycles. The smallest absolute Gasteiger partial charge is 0.308 e. The first-order valence-electron chi connectivity index (χ1n) is 8.49. The van der Waals surface area contributed by atoms with Gasteiger partial charge in [0.15, 0.2) is 0 Å². The Morgan fingerprint density at radius 3 is 2.52 bits per heavy atom. The highest BCUT2D eigenvalue weighted by Crippen LogP contribution is 2.30. The number of esters is 1. The summed E-state index contributed by atoms with van der Waals surface area (Å²) < 4.78 is 5.35. The molecule has 0 amide bonds. The van der Waals surface area contributed by atoms with Crippen molar-refractivity contribution in [3.05, 3.63) is 82.4 Å². The summed E-state index contributed by atoms with van der Waals surface area (Å²) in [5, 5.41) is 2.50. The maximum absolute atomic E-state index is 12.2. The number of aromatic amines is 1. The Balaban J connectivity index is 1.85. The van der Waals surface area contributed by atoms with Crippen molar-refractivity contribution in [1.82, 2.24) is 9.97 Å². The van der Waals surface area contributed by atoms with Gasteiger partial charge in [-0.05, 0) is 41.1 Å². The van der Waals surface area contributed by atoms with Crippen LogP contribution in [0.15, 0.2) is 65.5 Å². The molecule has 3 aromatic carbocycles. The molecule has 0 saturated heterocycles. The number of carbonyl (C=O) groups excluding carboxylic acids is 1. The quantitative estimate of drug-likeness (QED) is 0.442. The number of nitrogens with one attached hydrogen (secondary N) is 1. The molecular formula is C22H16N2O3. The minimum atomic E-state index is -0.392. The van der Waals surface area contributed by atoms with Crippen LogP contribution >= 0.6 is 0 Å². The molecule has 0 saturated carbocycles. The van der Waals surface area contributed by atoms with Crippen LogP contribution in [0.3, 0.4) is 0 Å².